The molecular weight excluding hydrogens is 389 g/mol. The molecule has 3 aromatic heterocycles. The van der Waals surface area contributed by atoms with Crippen LogP contribution in [0.5, 0.6) is 0 Å². The van der Waals surface area contributed by atoms with Gasteiger partial charge in [-0.2, -0.15) is 4.39 Å². The molecular formula is C21H20FN5OS. The van der Waals surface area contributed by atoms with E-state index in [1.54, 1.807) is 6.07 Å². The van der Waals surface area contributed by atoms with Gasteiger partial charge in [0.2, 0.25) is 5.95 Å². The number of nitrogens with zero attached hydrogens (tertiary/aromatic N) is 2. The first kappa shape index (κ1) is 19.1. The molecule has 3 heterocycles. The fraction of sp³-hybridized carbons (Fsp3) is 0.190. The number of pyridine rings is 2. The summed E-state index contributed by atoms with van der Waals surface area (Å²) in [6.45, 7) is 3.87. The summed E-state index contributed by atoms with van der Waals surface area (Å²) >= 11 is 1.46. The molecule has 3 N–H and O–H groups in total. The number of anilines is 3. The number of hydrogen-bond acceptors (Lipinski definition) is 6. The molecule has 0 saturated heterocycles. The number of carbonyl (C=O) groups excluding carboxylic acids is 1. The van der Waals surface area contributed by atoms with Gasteiger partial charge < -0.3 is 16.0 Å². The van der Waals surface area contributed by atoms with E-state index in [2.05, 4.69) is 25.9 Å². The molecule has 6 nitrogen and oxygen atoms in total. The summed E-state index contributed by atoms with van der Waals surface area (Å²) in [5.74, 6) is -0.0484. The van der Waals surface area contributed by atoms with Gasteiger partial charge in [0.1, 0.15) is 10.7 Å². The summed E-state index contributed by atoms with van der Waals surface area (Å²) in [6.07, 6.45) is 1.40. The Kier molecular flexibility index (Phi) is 5.02. The Hall–Kier alpha value is -3.26. The summed E-state index contributed by atoms with van der Waals surface area (Å²) in [6, 6.07) is 10.7. The van der Waals surface area contributed by atoms with Crippen molar-refractivity contribution in [2.24, 2.45) is 0 Å². The van der Waals surface area contributed by atoms with Crippen LogP contribution in [0.2, 0.25) is 0 Å². The first-order valence-corrected chi connectivity index (χ1v) is 10.0. The van der Waals surface area contributed by atoms with Crippen LogP contribution in [0.3, 0.4) is 0 Å². The van der Waals surface area contributed by atoms with E-state index in [0.29, 0.717) is 16.4 Å². The Morgan fingerprint density at radius 1 is 1.17 bits per heavy atom. The van der Waals surface area contributed by atoms with Gasteiger partial charge in [-0.25, -0.2) is 9.97 Å². The van der Waals surface area contributed by atoms with Crippen LogP contribution in [0.1, 0.15) is 23.5 Å². The number of amides is 1. The van der Waals surface area contributed by atoms with Crippen LogP contribution in [0.15, 0.2) is 42.6 Å². The third-order valence-corrected chi connectivity index (χ3v) is 5.55. The van der Waals surface area contributed by atoms with Crippen molar-refractivity contribution in [3.63, 3.8) is 0 Å². The quantitative estimate of drug-likeness (QED) is 0.408. The molecule has 0 saturated carbocycles. The average Bonchev–Trinajstić information content (AvgIpc) is 3.06. The van der Waals surface area contributed by atoms with Crippen LogP contribution in [0, 0.1) is 5.95 Å². The number of fused-ring (bicyclic) bond motifs is 3. The van der Waals surface area contributed by atoms with Gasteiger partial charge in [0.15, 0.2) is 0 Å². The van der Waals surface area contributed by atoms with Crippen molar-refractivity contribution in [2.75, 3.05) is 17.7 Å². The molecule has 0 fully saturated rings. The topological polar surface area (TPSA) is 78.9 Å². The van der Waals surface area contributed by atoms with Gasteiger partial charge in [-0.15, -0.1) is 11.3 Å². The third kappa shape index (κ3) is 3.71. The molecule has 0 bridgehead atoms. The van der Waals surface area contributed by atoms with Gasteiger partial charge >= 0.3 is 0 Å². The van der Waals surface area contributed by atoms with Gasteiger partial charge in [0, 0.05) is 46.5 Å². The van der Waals surface area contributed by atoms with E-state index < -0.39 is 5.95 Å². The number of thiophene rings is 1. The van der Waals surface area contributed by atoms with Crippen LogP contribution in [0.25, 0.3) is 21.0 Å². The standard InChI is InChI=1S/C21H20FN5OS/c1-11(2)25-21(28)20-19(23-3)18-13-4-7-17(26-12-8-9-24-16(22)10-12)27-14(13)5-6-15(18)29-20/h4-11,23H,1-3H3,(H,25,28)(H,24,26,27). The molecule has 4 rings (SSSR count). The third-order valence-electron chi connectivity index (χ3n) is 4.40. The number of rotatable bonds is 5. The lowest BCUT2D eigenvalue weighted by Crippen LogP contribution is -2.29. The molecule has 0 atom stereocenters. The fourth-order valence-electron chi connectivity index (χ4n) is 3.23. The molecule has 0 unspecified atom stereocenters. The fourth-order valence-corrected chi connectivity index (χ4v) is 4.35. The molecule has 148 valence electrons. The van der Waals surface area contributed by atoms with Crippen LogP contribution in [-0.2, 0) is 0 Å². The monoisotopic (exact) mass is 409 g/mol. The van der Waals surface area contributed by atoms with Gasteiger partial charge in [0.25, 0.3) is 5.91 Å². The lowest BCUT2D eigenvalue weighted by Gasteiger charge is -2.10. The number of nitrogens with one attached hydrogen (secondary N) is 3. The van der Waals surface area contributed by atoms with Crippen molar-refractivity contribution >= 4 is 55.4 Å². The zero-order valence-corrected chi connectivity index (χ0v) is 17.0. The second kappa shape index (κ2) is 7.63. The Labute approximate surface area is 171 Å². The second-order valence-corrected chi connectivity index (χ2v) is 7.93. The smallest absolute Gasteiger partial charge is 0.263 e. The molecule has 4 aromatic rings. The van der Waals surface area contributed by atoms with E-state index in [4.69, 9.17) is 0 Å². The zero-order chi connectivity index (χ0) is 20.5. The number of halogens is 1. The van der Waals surface area contributed by atoms with Crippen molar-refractivity contribution in [2.45, 2.75) is 19.9 Å². The molecule has 0 aliphatic heterocycles. The van der Waals surface area contributed by atoms with Crippen molar-refractivity contribution < 1.29 is 9.18 Å². The number of hydrogen-bond donors (Lipinski definition) is 3. The van der Waals surface area contributed by atoms with Crippen LogP contribution in [0.4, 0.5) is 21.6 Å². The maximum atomic E-state index is 13.3. The highest BCUT2D eigenvalue weighted by Crippen LogP contribution is 2.40. The Morgan fingerprint density at radius 3 is 2.72 bits per heavy atom. The summed E-state index contributed by atoms with van der Waals surface area (Å²) in [4.78, 5) is 21.5. The highest BCUT2D eigenvalue weighted by atomic mass is 32.1. The summed E-state index contributed by atoms with van der Waals surface area (Å²) in [5, 5.41) is 11.1. The van der Waals surface area contributed by atoms with Gasteiger partial charge in [-0.3, -0.25) is 4.79 Å². The summed E-state index contributed by atoms with van der Waals surface area (Å²) in [5.41, 5.74) is 2.15. The van der Waals surface area contributed by atoms with Crippen LogP contribution >= 0.6 is 11.3 Å². The molecule has 1 aromatic carbocycles. The molecule has 29 heavy (non-hydrogen) atoms. The minimum absolute atomic E-state index is 0.0579. The van der Waals surface area contributed by atoms with Crippen molar-refractivity contribution in [3.8, 4) is 0 Å². The molecule has 1 amide bonds. The zero-order valence-electron chi connectivity index (χ0n) is 16.2. The predicted molar refractivity (Wildman–Crippen MR) is 117 cm³/mol. The lowest BCUT2D eigenvalue weighted by molar-refractivity contribution is 0.0948. The summed E-state index contributed by atoms with van der Waals surface area (Å²) < 4.78 is 14.3. The summed E-state index contributed by atoms with van der Waals surface area (Å²) in [7, 11) is 1.81. The maximum absolute atomic E-state index is 13.3. The van der Waals surface area contributed by atoms with Gasteiger partial charge in [-0.1, -0.05) is 0 Å². The first-order chi connectivity index (χ1) is 14.0. The number of aromatic nitrogens is 2. The van der Waals surface area contributed by atoms with Crippen LogP contribution in [-0.4, -0.2) is 29.0 Å². The minimum atomic E-state index is -0.554. The minimum Gasteiger partial charge on any atom is -0.386 e. The highest BCUT2D eigenvalue weighted by molar-refractivity contribution is 7.21. The normalized spacial score (nSPS) is 11.2. The lowest BCUT2D eigenvalue weighted by atomic mass is 10.1. The SMILES string of the molecule is CNc1c(C(=O)NC(C)C)sc2ccc3nc(Nc4ccnc(F)c4)ccc3c12. The largest absolute Gasteiger partial charge is 0.386 e. The van der Waals surface area contributed by atoms with Crippen molar-refractivity contribution in [3.05, 3.63) is 53.4 Å². The van der Waals surface area contributed by atoms with Crippen LogP contribution < -0.4 is 16.0 Å². The highest BCUT2D eigenvalue weighted by Gasteiger charge is 2.20. The Bertz CT molecular complexity index is 1220. The molecule has 0 aliphatic carbocycles. The van der Waals surface area contributed by atoms with E-state index >= 15 is 0 Å². The maximum Gasteiger partial charge on any atom is 0.263 e. The average molecular weight is 409 g/mol. The molecule has 0 spiro atoms. The van der Waals surface area contributed by atoms with Crippen molar-refractivity contribution in [1.82, 2.24) is 15.3 Å². The second-order valence-electron chi connectivity index (χ2n) is 6.88. The predicted octanol–water partition coefficient (Wildman–Crippen LogP) is 4.91. The first-order valence-electron chi connectivity index (χ1n) is 9.19. The van der Waals surface area contributed by atoms with E-state index in [0.717, 1.165) is 26.7 Å². The Morgan fingerprint density at radius 2 is 2.00 bits per heavy atom. The Balaban J connectivity index is 1.79. The molecule has 8 heteroatoms. The van der Waals surface area contributed by atoms with Crippen molar-refractivity contribution in [1.29, 1.82) is 0 Å². The van der Waals surface area contributed by atoms with Gasteiger partial charge in [0.05, 0.1) is 11.2 Å². The number of benzene rings is 1. The van der Waals surface area contributed by atoms with E-state index in [1.807, 2.05) is 45.2 Å². The number of carbonyl (C=O) groups is 1. The van der Waals surface area contributed by atoms with E-state index in [9.17, 15) is 9.18 Å². The molecule has 0 radical (unpaired) electrons. The van der Waals surface area contributed by atoms with Gasteiger partial charge in [-0.05, 0) is 44.2 Å². The van der Waals surface area contributed by atoms with E-state index in [-0.39, 0.29) is 11.9 Å². The molecule has 0 aliphatic rings. The van der Waals surface area contributed by atoms with E-state index in [1.165, 1.54) is 23.6 Å².